The molecule has 0 bridgehead atoms. The van der Waals surface area contributed by atoms with E-state index >= 15 is 0 Å². The fourth-order valence-corrected chi connectivity index (χ4v) is 3.70. The normalized spacial score (nSPS) is 11.6. The predicted octanol–water partition coefficient (Wildman–Crippen LogP) is 3.43. The summed E-state index contributed by atoms with van der Waals surface area (Å²) in [6.07, 6.45) is 2.86. The maximum atomic E-state index is 14.0. The Morgan fingerprint density at radius 1 is 1.21 bits per heavy atom. The van der Waals surface area contributed by atoms with Crippen molar-refractivity contribution in [2.75, 3.05) is 12.0 Å². The maximum Gasteiger partial charge on any atom is 0.310 e. The van der Waals surface area contributed by atoms with Crippen molar-refractivity contribution < 1.29 is 8.78 Å². The number of aryl methyl sites for hydroxylation is 1. The highest BCUT2D eigenvalue weighted by Gasteiger charge is 2.12. The van der Waals surface area contributed by atoms with Crippen LogP contribution in [-0.4, -0.2) is 26.2 Å². The first-order chi connectivity index (χ1) is 13.9. The molecular weight excluding hydrogens is 395 g/mol. The van der Waals surface area contributed by atoms with Gasteiger partial charge in [0.2, 0.25) is 11.8 Å². The minimum atomic E-state index is -0.972. The number of aromatic amines is 1. The Balaban J connectivity index is 1.75. The summed E-state index contributed by atoms with van der Waals surface area (Å²) >= 11 is 0. The second-order valence-corrected chi connectivity index (χ2v) is 7.68. The number of hydrogen-bond acceptors (Lipinski definition) is 4. The van der Waals surface area contributed by atoms with E-state index in [1.807, 2.05) is 31.8 Å². The van der Waals surface area contributed by atoms with Gasteiger partial charge in [0.05, 0.1) is 17.9 Å². The molecule has 6 nitrogen and oxygen atoms in total. The molecule has 3 aromatic heterocycles. The molecule has 2 N–H and O–H groups in total. The van der Waals surface area contributed by atoms with E-state index in [4.69, 9.17) is 0 Å². The fourth-order valence-electron chi connectivity index (χ4n) is 3.09. The zero-order valence-electron chi connectivity index (χ0n) is 15.8. The monoisotopic (exact) mass is 413 g/mol. The molecule has 0 saturated heterocycles. The lowest BCUT2D eigenvalue weighted by Crippen LogP contribution is -2.20. The number of aromatic nitrogens is 4. The molecule has 0 aliphatic carbocycles. The number of anilines is 2. The van der Waals surface area contributed by atoms with Crippen molar-refractivity contribution in [1.82, 2.24) is 19.5 Å². The zero-order valence-corrected chi connectivity index (χ0v) is 16.8. The molecule has 0 fully saturated rings. The van der Waals surface area contributed by atoms with E-state index in [9.17, 15) is 13.6 Å². The largest absolute Gasteiger partial charge is 0.346 e. The van der Waals surface area contributed by atoms with Gasteiger partial charge in [-0.25, -0.2) is 9.37 Å². The highest BCUT2D eigenvalue weighted by Crippen LogP contribution is 2.23. The molecule has 1 atom stereocenters. The Bertz CT molecular complexity index is 1270. The molecule has 9 heteroatoms. The average Bonchev–Trinajstić information content (AvgIpc) is 3.12. The molecule has 29 heavy (non-hydrogen) atoms. The van der Waals surface area contributed by atoms with Gasteiger partial charge in [0, 0.05) is 17.8 Å². The van der Waals surface area contributed by atoms with Gasteiger partial charge >= 0.3 is 5.56 Å². The quantitative estimate of drug-likeness (QED) is 0.492. The number of nitrogens with zero attached hydrogens (tertiary/aromatic N) is 3. The second-order valence-electron chi connectivity index (χ2n) is 6.61. The summed E-state index contributed by atoms with van der Waals surface area (Å²) in [5, 5.41) is 4.82. The van der Waals surface area contributed by atoms with Crippen LogP contribution in [0, 0.1) is 18.6 Å². The van der Waals surface area contributed by atoms with Crippen LogP contribution in [0.5, 0.6) is 0 Å². The molecule has 0 saturated carbocycles. The molecule has 148 valence electrons. The first-order valence-electron chi connectivity index (χ1n) is 8.89. The summed E-state index contributed by atoms with van der Waals surface area (Å²) in [7, 11) is 0.430. The molecule has 4 rings (SSSR count). The Labute approximate surface area is 166 Å². The van der Waals surface area contributed by atoms with Crippen molar-refractivity contribution in [2.45, 2.75) is 13.5 Å². The van der Waals surface area contributed by atoms with Gasteiger partial charge in [0.15, 0.2) is 0 Å². The number of nitrogens with one attached hydrogen (secondary N) is 2. The summed E-state index contributed by atoms with van der Waals surface area (Å²) in [5.74, 6) is -1.17. The summed E-state index contributed by atoms with van der Waals surface area (Å²) < 4.78 is 29.3. The molecule has 0 spiro atoms. The maximum absolute atomic E-state index is 14.0. The Kier molecular flexibility index (Phi) is 5.11. The van der Waals surface area contributed by atoms with Gasteiger partial charge in [-0.3, -0.25) is 4.79 Å². The predicted molar refractivity (Wildman–Crippen MR) is 112 cm³/mol. The molecular formula is C20H18F2N5OP. The van der Waals surface area contributed by atoms with Crippen LogP contribution < -0.4 is 16.2 Å². The summed E-state index contributed by atoms with van der Waals surface area (Å²) in [6.45, 7) is 3.93. The van der Waals surface area contributed by atoms with Gasteiger partial charge in [-0.05, 0) is 54.8 Å². The van der Waals surface area contributed by atoms with Crippen LogP contribution in [0.4, 0.5) is 20.4 Å². The van der Waals surface area contributed by atoms with E-state index in [0.717, 1.165) is 22.5 Å². The van der Waals surface area contributed by atoms with Crippen molar-refractivity contribution in [2.24, 2.45) is 0 Å². The van der Waals surface area contributed by atoms with Gasteiger partial charge in [-0.15, -0.1) is 0 Å². The standard InChI is InChI=1S/C20H18F2N5OP/c1-11-17(7-13-3-4-23-18(13)24-11)25-20-26-19(28)16(22)10-27(20)9-12-5-14(21)8-15(6-12)29-2/h3-8,10,29H,9H2,1-2H3,(H,23,24)(H,25,26,28). The smallest absolute Gasteiger partial charge is 0.310 e. The van der Waals surface area contributed by atoms with Gasteiger partial charge < -0.3 is 14.9 Å². The molecule has 0 aliphatic rings. The molecule has 1 unspecified atom stereocenters. The Morgan fingerprint density at radius 2 is 2.03 bits per heavy atom. The first-order valence-corrected chi connectivity index (χ1v) is 10.4. The van der Waals surface area contributed by atoms with Gasteiger partial charge in [0.1, 0.15) is 11.5 Å². The van der Waals surface area contributed by atoms with Crippen LogP contribution in [0.15, 0.2) is 47.5 Å². The lowest BCUT2D eigenvalue weighted by molar-refractivity contribution is 0.578. The van der Waals surface area contributed by atoms with E-state index in [1.165, 1.54) is 16.7 Å². The van der Waals surface area contributed by atoms with E-state index in [2.05, 4.69) is 20.3 Å². The van der Waals surface area contributed by atoms with Crippen LogP contribution >= 0.6 is 8.58 Å². The fraction of sp³-hybridized carbons (Fsp3) is 0.150. The van der Waals surface area contributed by atoms with Crippen LogP contribution in [0.3, 0.4) is 0 Å². The molecule has 3 heterocycles. The van der Waals surface area contributed by atoms with Gasteiger partial charge in [-0.1, -0.05) is 8.58 Å². The van der Waals surface area contributed by atoms with E-state index in [1.54, 1.807) is 6.20 Å². The van der Waals surface area contributed by atoms with Crippen molar-refractivity contribution in [3.8, 4) is 0 Å². The van der Waals surface area contributed by atoms with Crippen LogP contribution in [0.25, 0.3) is 11.0 Å². The number of halogens is 2. The number of rotatable bonds is 5. The number of benzene rings is 1. The number of fused-ring (bicyclic) bond motifs is 1. The third-order valence-corrected chi connectivity index (χ3v) is 5.39. The van der Waals surface area contributed by atoms with Crippen molar-refractivity contribution in [3.05, 3.63) is 76.0 Å². The molecule has 0 aliphatic heterocycles. The molecule has 0 radical (unpaired) electrons. The van der Waals surface area contributed by atoms with E-state index in [0.29, 0.717) is 25.5 Å². The highest BCUT2D eigenvalue weighted by atomic mass is 31.1. The Hall–Kier alpha value is -3.12. The number of hydrogen-bond donors (Lipinski definition) is 2. The first kappa shape index (κ1) is 19.2. The molecule has 4 aromatic rings. The van der Waals surface area contributed by atoms with Gasteiger partial charge in [-0.2, -0.15) is 9.37 Å². The highest BCUT2D eigenvalue weighted by molar-refractivity contribution is 7.46. The lowest BCUT2D eigenvalue weighted by Gasteiger charge is -2.16. The average molecular weight is 413 g/mol. The van der Waals surface area contributed by atoms with Crippen molar-refractivity contribution in [1.29, 1.82) is 0 Å². The lowest BCUT2D eigenvalue weighted by atomic mass is 10.2. The number of H-pyrrole nitrogens is 1. The SMILES string of the molecule is CPc1cc(F)cc(Cn2cc(F)c(=O)nc2Nc2cc3cc[nH]c3nc2C)c1. The van der Waals surface area contributed by atoms with Crippen molar-refractivity contribution in [3.63, 3.8) is 0 Å². The molecule has 0 amide bonds. The summed E-state index contributed by atoms with van der Waals surface area (Å²) in [5.41, 5.74) is 1.75. The summed E-state index contributed by atoms with van der Waals surface area (Å²) in [4.78, 5) is 23.2. The third-order valence-electron chi connectivity index (χ3n) is 4.52. The second kappa shape index (κ2) is 7.72. The van der Waals surface area contributed by atoms with Crippen LogP contribution in [-0.2, 0) is 6.54 Å². The Morgan fingerprint density at radius 3 is 2.83 bits per heavy atom. The van der Waals surface area contributed by atoms with E-state index in [-0.39, 0.29) is 18.3 Å². The minimum Gasteiger partial charge on any atom is -0.346 e. The molecule has 1 aromatic carbocycles. The third kappa shape index (κ3) is 4.03. The topological polar surface area (TPSA) is 75.6 Å². The van der Waals surface area contributed by atoms with Crippen LogP contribution in [0.2, 0.25) is 0 Å². The zero-order chi connectivity index (χ0) is 20.5. The summed E-state index contributed by atoms with van der Waals surface area (Å²) in [6, 6.07) is 8.47. The van der Waals surface area contributed by atoms with Crippen molar-refractivity contribution >= 4 is 36.6 Å². The van der Waals surface area contributed by atoms with E-state index < -0.39 is 11.4 Å². The minimum absolute atomic E-state index is 0.153. The van der Waals surface area contributed by atoms with Gasteiger partial charge in [0.25, 0.3) is 0 Å². The number of pyridine rings is 1. The van der Waals surface area contributed by atoms with Crippen LogP contribution in [0.1, 0.15) is 11.3 Å².